The van der Waals surface area contributed by atoms with Gasteiger partial charge in [0.25, 0.3) is 0 Å². The fourth-order valence-electron chi connectivity index (χ4n) is 4.29. The Labute approximate surface area is 174 Å². The highest BCUT2D eigenvalue weighted by Crippen LogP contribution is 2.22. The Morgan fingerprint density at radius 1 is 0.690 bits per heavy atom. The molecule has 0 bridgehead atoms. The molecule has 0 aromatic heterocycles. The van der Waals surface area contributed by atoms with Gasteiger partial charge in [0.1, 0.15) is 0 Å². The van der Waals surface area contributed by atoms with Crippen LogP contribution in [0.2, 0.25) is 0 Å². The van der Waals surface area contributed by atoms with Crippen molar-refractivity contribution in [3.63, 3.8) is 0 Å². The van der Waals surface area contributed by atoms with Crippen LogP contribution in [0.15, 0.2) is 54.6 Å². The van der Waals surface area contributed by atoms with E-state index in [9.17, 15) is 4.79 Å². The first-order valence-electron chi connectivity index (χ1n) is 11.0. The number of hydrogen-bond acceptors (Lipinski definition) is 4. The van der Waals surface area contributed by atoms with Crippen molar-refractivity contribution in [1.29, 1.82) is 0 Å². The van der Waals surface area contributed by atoms with Crippen molar-refractivity contribution in [2.45, 2.75) is 25.7 Å². The summed E-state index contributed by atoms with van der Waals surface area (Å²) < 4.78 is 0. The predicted molar refractivity (Wildman–Crippen MR) is 121 cm³/mol. The number of amides is 1. The Morgan fingerprint density at radius 2 is 1.28 bits per heavy atom. The van der Waals surface area contributed by atoms with E-state index in [0.29, 0.717) is 6.54 Å². The Hall–Kier alpha value is -2.53. The van der Waals surface area contributed by atoms with E-state index in [0.717, 1.165) is 45.0 Å². The maximum absolute atomic E-state index is 12.5. The van der Waals surface area contributed by atoms with Crippen LogP contribution >= 0.6 is 0 Å². The van der Waals surface area contributed by atoms with Gasteiger partial charge in [-0.15, -0.1) is 0 Å². The summed E-state index contributed by atoms with van der Waals surface area (Å²) in [6, 6.07) is 18.8. The summed E-state index contributed by atoms with van der Waals surface area (Å²) in [5.41, 5.74) is 3.42. The SMILES string of the molecule is O=C(CN1CCN(c2ccccc2)CC1)Nc1ccc(N2CCCCCC2)cc1. The van der Waals surface area contributed by atoms with E-state index >= 15 is 0 Å². The molecule has 2 aromatic carbocycles. The molecule has 5 nitrogen and oxygen atoms in total. The summed E-state index contributed by atoms with van der Waals surface area (Å²) in [6.07, 6.45) is 5.22. The quantitative estimate of drug-likeness (QED) is 0.839. The van der Waals surface area contributed by atoms with Crippen LogP contribution in [-0.4, -0.2) is 56.6 Å². The van der Waals surface area contributed by atoms with Crippen LogP contribution in [-0.2, 0) is 4.79 Å². The van der Waals surface area contributed by atoms with Gasteiger partial charge in [0.2, 0.25) is 5.91 Å². The first-order chi connectivity index (χ1) is 14.3. The lowest BCUT2D eigenvalue weighted by molar-refractivity contribution is -0.117. The van der Waals surface area contributed by atoms with Crippen LogP contribution in [0.4, 0.5) is 17.1 Å². The molecule has 2 fully saturated rings. The van der Waals surface area contributed by atoms with Crippen LogP contribution in [0.1, 0.15) is 25.7 Å². The molecule has 0 spiro atoms. The molecule has 1 N–H and O–H groups in total. The number of carbonyl (C=O) groups excluding carboxylic acids is 1. The van der Waals surface area contributed by atoms with Gasteiger partial charge in [-0.3, -0.25) is 9.69 Å². The van der Waals surface area contributed by atoms with Crippen molar-refractivity contribution in [3.8, 4) is 0 Å². The van der Waals surface area contributed by atoms with Crippen molar-refractivity contribution in [2.75, 3.05) is 60.9 Å². The molecule has 2 aliphatic rings. The van der Waals surface area contributed by atoms with E-state index in [2.05, 4.69) is 56.4 Å². The molecule has 4 rings (SSSR count). The fraction of sp³-hybridized carbons (Fsp3) is 0.458. The van der Waals surface area contributed by atoms with Gasteiger partial charge in [-0.05, 0) is 49.2 Å². The zero-order valence-corrected chi connectivity index (χ0v) is 17.2. The molecular formula is C24H32N4O. The summed E-state index contributed by atoms with van der Waals surface area (Å²) >= 11 is 0. The number of rotatable bonds is 5. The number of nitrogens with zero attached hydrogens (tertiary/aromatic N) is 3. The maximum atomic E-state index is 12.5. The zero-order chi connectivity index (χ0) is 19.9. The minimum absolute atomic E-state index is 0.0701. The molecule has 2 aromatic rings. The average molecular weight is 393 g/mol. The maximum Gasteiger partial charge on any atom is 0.238 e. The highest BCUT2D eigenvalue weighted by molar-refractivity contribution is 5.92. The van der Waals surface area contributed by atoms with Crippen LogP contribution in [0, 0.1) is 0 Å². The van der Waals surface area contributed by atoms with Crippen LogP contribution in [0.3, 0.4) is 0 Å². The number of nitrogens with one attached hydrogen (secondary N) is 1. The van der Waals surface area contributed by atoms with Gasteiger partial charge in [0.05, 0.1) is 6.54 Å². The molecule has 2 aliphatic heterocycles. The Balaban J connectivity index is 1.23. The van der Waals surface area contributed by atoms with Crippen LogP contribution in [0.25, 0.3) is 0 Å². The third kappa shape index (κ3) is 5.51. The second-order valence-corrected chi connectivity index (χ2v) is 8.10. The molecule has 154 valence electrons. The number of para-hydroxylation sites is 1. The Bertz CT molecular complexity index is 761. The first-order valence-corrected chi connectivity index (χ1v) is 11.0. The summed E-state index contributed by atoms with van der Waals surface area (Å²) in [7, 11) is 0. The number of piperazine rings is 1. The summed E-state index contributed by atoms with van der Waals surface area (Å²) in [5, 5.41) is 3.06. The largest absolute Gasteiger partial charge is 0.372 e. The summed E-state index contributed by atoms with van der Waals surface area (Å²) in [4.78, 5) is 19.6. The zero-order valence-electron chi connectivity index (χ0n) is 17.2. The van der Waals surface area contributed by atoms with E-state index < -0.39 is 0 Å². The number of carbonyl (C=O) groups is 1. The third-order valence-corrected chi connectivity index (χ3v) is 5.98. The molecule has 5 heteroatoms. The summed E-state index contributed by atoms with van der Waals surface area (Å²) in [6.45, 7) is 6.48. The van der Waals surface area contributed by atoms with E-state index in [1.165, 1.54) is 37.1 Å². The molecule has 0 atom stereocenters. The molecular weight excluding hydrogens is 360 g/mol. The smallest absolute Gasteiger partial charge is 0.238 e. The normalized spacial score (nSPS) is 18.3. The second-order valence-electron chi connectivity index (χ2n) is 8.10. The lowest BCUT2D eigenvalue weighted by Crippen LogP contribution is -2.48. The van der Waals surface area contributed by atoms with Crippen molar-refractivity contribution in [1.82, 2.24) is 4.90 Å². The van der Waals surface area contributed by atoms with E-state index in [1.807, 2.05) is 18.2 Å². The van der Waals surface area contributed by atoms with Gasteiger partial charge in [0.15, 0.2) is 0 Å². The van der Waals surface area contributed by atoms with Crippen LogP contribution in [0.5, 0.6) is 0 Å². The van der Waals surface area contributed by atoms with Crippen molar-refractivity contribution in [3.05, 3.63) is 54.6 Å². The van der Waals surface area contributed by atoms with Crippen molar-refractivity contribution >= 4 is 23.0 Å². The standard InChI is InChI=1S/C24H32N4O/c29-24(20-26-16-18-28(19-17-26)22-8-4-3-5-9-22)25-21-10-12-23(13-11-21)27-14-6-1-2-7-15-27/h3-5,8-13H,1-2,6-7,14-20H2,(H,25,29). The molecule has 1 amide bonds. The molecule has 29 heavy (non-hydrogen) atoms. The Kier molecular flexibility index (Phi) is 6.67. The van der Waals surface area contributed by atoms with Gasteiger partial charge in [0, 0.05) is 56.3 Å². The van der Waals surface area contributed by atoms with E-state index in [1.54, 1.807) is 0 Å². The molecule has 0 saturated carbocycles. The lowest BCUT2D eigenvalue weighted by atomic mass is 10.2. The van der Waals surface area contributed by atoms with Gasteiger partial charge in [-0.25, -0.2) is 0 Å². The highest BCUT2D eigenvalue weighted by atomic mass is 16.2. The third-order valence-electron chi connectivity index (χ3n) is 5.98. The number of hydrogen-bond donors (Lipinski definition) is 1. The predicted octanol–water partition coefficient (Wildman–Crippen LogP) is 3.83. The topological polar surface area (TPSA) is 38.8 Å². The minimum atomic E-state index is 0.0701. The summed E-state index contributed by atoms with van der Waals surface area (Å²) in [5.74, 6) is 0.0701. The van der Waals surface area contributed by atoms with E-state index in [-0.39, 0.29) is 5.91 Å². The van der Waals surface area contributed by atoms with Gasteiger partial charge in [-0.1, -0.05) is 31.0 Å². The van der Waals surface area contributed by atoms with Crippen LogP contribution < -0.4 is 15.1 Å². The molecule has 2 saturated heterocycles. The Morgan fingerprint density at radius 3 is 1.93 bits per heavy atom. The monoisotopic (exact) mass is 392 g/mol. The first kappa shape index (κ1) is 19.8. The molecule has 0 unspecified atom stereocenters. The highest BCUT2D eigenvalue weighted by Gasteiger charge is 2.19. The minimum Gasteiger partial charge on any atom is -0.372 e. The van der Waals surface area contributed by atoms with Crippen molar-refractivity contribution < 1.29 is 4.79 Å². The second kappa shape index (κ2) is 9.79. The number of anilines is 3. The number of benzene rings is 2. The van der Waals surface area contributed by atoms with Crippen molar-refractivity contribution in [2.24, 2.45) is 0 Å². The molecule has 0 aliphatic carbocycles. The van der Waals surface area contributed by atoms with E-state index in [4.69, 9.17) is 0 Å². The lowest BCUT2D eigenvalue weighted by Gasteiger charge is -2.35. The van der Waals surface area contributed by atoms with Gasteiger partial charge in [-0.2, -0.15) is 0 Å². The molecule has 0 radical (unpaired) electrons. The van der Waals surface area contributed by atoms with Gasteiger partial charge >= 0.3 is 0 Å². The molecule has 2 heterocycles. The average Bonchev–Trinajstić information content (AvgIpc) is 3.05. The van der Waals surface area contributed by atoms with Gasteiger partial charge < -0.3 is 15.1 Å². The fourth-order valence-corrected chi connectivity index (χ4v) is 4.29.